The summed E-state index contributed by atoms with van der Waals surface area (Å²) in [4.78, 5) is 59.3. The average molecular weight is 515 g/mol. The van der Waals surface area contributed by atoms with Crippen LogP contribution in [0.2, 0.25) is 0 Å². The van der Waals surface area contributed by atoms with Crippen molar-refractivity contribution in [1.82, 2.24) is 16.0 Å². The first-order chi connectivity index (χ1) is 16.7. The summed E-state index contributed by atoms with van der Waals surface area (Å²) < 4.78 is 0. The van der Waals surface area contributed by atoms with Crippen LogP contribution in [-0.4, -0.2) is 53.1 Å². The van der Waals surface area contributed by atoms with Crippen molar-refractivity contribution in [1.29, 1.82) is 0 Å². The highest BCUT2D eigenvalue weighted by atomic mass is 32.2. The third-order valence-electron chi connectivity index (χ3n) is 5.50. The first-order valence-corrected chi connectivity index (χ1v) is 13.9. The monoisotopic (exact) mass is 514 g/mol. The first-order valence-electron chi connectivity index (χ1n) is 13.0. The molecular weight excluding hydrogens is 468 g/mol. The van der Waals surface area contributed by atoms with E-state index in [1.807, 2.05) is 0 Å². The second-order valence-corrected chi connectivity index (χ2v) is 10.1. The van der Waals surface area contributed by atoms with Crippen molar-refractivity contribution < 1.29 is 24.0 Å². The van der Waals surface area contributed by atoms with Gasteiger partial charge in [0.25, 0.3) is 0 Å². The number of rotatable bonds is 21. The number of hydrogen-bond donors (Lipinski definition) is 4. The predicted molar refractivity (Wildman–Crippen MR) is 141 cm³/mol. The van der Waals surface area contributed by atoms with E-state index in [1.54, 1.807) is 0 Å². The molecule has 35 heavy (non-hydrogen) atoms. The highest BCUT2D eigenvalue weighted by molar-refractivity contribution is 8.13. The Morgan fingerprint density at radius 1 is 0.829 bits per heavy atom. The lowest BCUT2D eigenvalue weighted by Gasteiger charge is -2.20. The molecule has 0 spiro atoms. The SMILES string of the molecule is CCCCCCCCCCCCCC(=O)N[C@H](CC(N)=O)C(=O)N[C@H](C)C(=O)SCCNC(C)=O. The number of hydrogen-bond acceptors (Lipinski definition) is 6. The van der Waals surface area contributed by atoms with Crippen LogP contribution in [0.4, 0.5) is 0 Å². The van der Waals surface area contributed by atoms with Crippen molar-refractivity contribution in [3.63, 3.8) is 0 Å². The zero-order valence-electron chi connectivity index (χ0n) is 21.8. The second kappa shape index (κ2) is 21.2. The first kappa shape index (κ1) is 32.9. The molecule has 0 aromatic heterocycles. The molecule has 0 aliphatic carbocycles. The van der Waals surface area contributed by atoms with E-state index in [-0.39, 0.29) is 29.8 Å². The molecule has 4 amide bonds. The minimum atomic E-state index is -1.12. The Hall–Kier alpha value is -2.10. The van der Waals surface area contributed by atoms with Gasteiger partial charge in [-0.25, -0.2) is 0 Å². The van der Waals surface area contributed by atoms with Crippen LogP contribution in [0.1, 0.15) is 104 Å². The average Bonchev–Trinajstić information content (AvgIpc) is 2.79. The van der Waals surface area contributed by atoms with E-state index >= 15 is 0 Å². The smallest absolute Gasteiger partial charge is 0.243 e. The number of unbranched alkanes of at least 4 members (excludes halogenated alkanes) is 10. The van der Waals surface area contributed by atoms with Gasteiger partial charge in [0.05, 0.1) is 12.5 Å². The van der Waals surface area contributed by atoms with Gasteiger partial charge >= 0.3 is 0 Å². The Balaban J connectivity index is 4.23. The molecule has 0 fully saturated rings. The summed E-state index contributed by atoms with van der Waals surface area (Å²) in [6.07, 6.45) is 12.8. The van der Waals surface area contributed by atoms with E-state index < -0.39 is 23.9 Å². The maximum Gasteiger partial charge on any atom is 0.243 e. The van der Waals surface area contributed by atoms with Gasteiger partial charge in [-0.15, -0.1) is 0 Å². The number of nitrogens with one attached hydrogen (secondary N) is 3. The van der Waals surface area contributed by atoms with E-state index in [0.29, 0.717) is 18.7 Å². The van der Waals surface area contributed by atoms with Gasteiger partial charge in [0.15, 0.2) is 0 Å². The Labute approximate surface area is 214 Å². The Bertz CT molecular complexity index is 660. The van der Waals surface area contributed by atoms with Crippen LogP contribution < -0.4 is 21.7 Å². The summed E-state index contributed by atoms with van der Waals surface area (Å²) in [5, 5.41) is 7.41. The Morgan fingerprint density at radius 2 is 1.37 bits per heavy atom. The van der Waals surface area contributed by atoms with E-state index in [4.69, 9.17) is 5.73 Å². The van der Waals surface area contributed by atoms with Crippen molar-refractivity contribution in [3.8, 4) is 0 Å². The van der Waals surface area contributed by atoms with Gasteiger partial charge in [0.2, 0.25) is 28.7 Å². The molecular formula is C25H46N4O5S. The zero-order chi connectivity index (χ0) is 26.5. The predicted octanol–water partition coefficient (Wildman–Crippen LogP) is 2.95. The fourth-order valence-electron chi connectivity index (χ4n) is 3.50. The molecule has 10 heteroatoms. The van der Waals surface area contributed by atoms with Crippen molar-refractivity contribution >= 4 is 40.5 Å². The van der Waals surface area contributed by atoms with Gasteiger partial charge in [0.1, 0.15) is 6.04 Å². The van der Waals surface area contributed by atoms with Crippen LogP contribution in [0.15, 0.2) is 0 Å². The summed E-state index contributed by atoms with van der Waals surface area (Å²) in [7, 11) is 0. The summed E-state index contributed by atoms with van der Waals surface area (Å²) in [6.45, 7) is 5.47. The Kier molecular flexibility index (Phi) is 19.9. The lowest BCUT2D eigenvalue weighted by molar-refractivity contribution is -0.132. The van der Waals surface area contributed by atoms with Crippen LogP contribution in [0, 0.1) is 0 Å². The van der Waals surface area contributed by atoms with Crippen molar-refractivity contribution in [2.45, 2.75) is 116 Å². The number of nitrogens with two attached hydrogens (primary N) is 1. The number of amides is 4. The summed E-state index contributed by atoms with van der Waals surface area (Å²) in [5.74, 6) is -1.47. The van der Waals surface area contributed by atoms with Gasteiger partial charge in [-0.05, 0) is 13.3 Å². The van der Waals surface area contributed by atoms with E-state index in [1.165, 1.54) is 58.8 Å². The quantitative estimate of drug-likeness (QED) is 0.173. The molecule has 0 heterocycles. The molecule has 9 nitrogen and oxygen atoms in total. The molecule has 202 valence electrons. The van der Waals surface area contributed by atoms with Crippen molar-refractivity contribution in [2.24, 2.45) is 5.73 Å². The molecule has 0 aliphatic heterocycles. The van der Waals surface area contributed by atoms with E-state index in [9.17, 15) is 24.0 Å². The van der Waals surface area contributed by atoms with Crippen LogP contribution in [0.3, 0.4) is 0 Å². The Morgan fingerprint density at radius 3 is 1.89 bits per heavy atom. The zero-order valence-corrected chi connectivity index (χ0v) is 22.6. The summed E-state index contributed by atoms with van der Waals surface area (Å²) >= 11 is 0.985. The van der Waals surface area contributed by atoms with Gasteiger partial charge in [-0.3, -0.25) is 24.0 Å². The highest BCUT2D eigenvalue weighted by Crippen LogP contribution is 2.12. The largest absolute Gasteiger partial charge is 0.370 e. The molecule has 0 aromatic carbocycles. The van der Waals surface area contributed by atoms with Crippen LogP contribution in [-0.2, 0) is 24.0 Å². The minimum Gasteiger partial charge on any atom is -0.370 e. The molecule has 0 rings (SSSR count). The number of thioether (sulfide) groups is 1. The summed E-state index contributed by atoms with van der Waals surface area (Å²) in [6, 6.07) is -1.93. The van der Waals surface area contributed by atoms with Crippen LogP contribution in [0.25, 0.3) is 0 Å². The molecule has 0 saturated heterocycles. The van der Waals surface area contributed by atoms with E-state index in [2.05, 4.69) is 22.9 Å². The third kappa shape index (κ3) is 19.9. The molecule has 0 saturated carbocycles. The van der Waals surface area contributed by atoms with Crippen LogP contribution >= 0.6 is 11.8 Å². The normalized spacial score (nSPS) is 12.4. The van der Waals surface area contributed by atoms with Gasteiger partial charge in [-0.1, -0.05) is 82.9 Å². The van der Waals surface area contributed by atoms with Gasteiger partial charge < -0.3 is 21.7 Å². The number of carbonyl (C=O) groups is 5. The van der Waals surface area contributed by atoms with E-state index in [0.717, 1.165) is 31.0 Å². The molecule has 5 N–H and O–H groups in total. The van der Waals surface area contributed by atoms with Crippen molar-refractivity contribution in [3.05, 3.63) is 0 Å². The molecule has 0 unspecified atom stereocenters. The lowest BCUT2D eigenvalue weighted by atomic mass is 10.0. The molecule has 0 aliphatic rings. The number of carbonyl (C=O) groups excluding carboxylic acids is 5. The maximum absolute atomic E-state index is 12.6. The van der Waals surface area contributed by atoms with Crippen LogP contribution in [0.5, 0.6) is 0 Å². The standard InChI is InChI=1S/C25H46N4O5S/c1-4-5-6-7-8-9-10-11-12-13-14-15-23(32)29-21(18-22(26)31)24(33)28-19(2)25(34)35-17-16-27-20(3)30/h19,21H,4-18H2,1-3H3,(H2,26,31)(H,27,30)(H,28,33)(H,29,32)/t19-,21-/m1/s1. The molecule has 0 bridgehead atoms. The van der Waals surface area contributed by atoms with Crippen molar-refractivity contribution in [2.75, 3.05) is 12.3 Å². The third-order valence-corrected chi connectivity index (χ3v) is 6.54. The fourth-order valence-corrected chi connectivity index (χ4v) is 4.22. The van der Waals surface area contributed by atoms with Gasteiger partial charge in [-0.2, -0.15) is 0 Å². The minimum absolute atomic E-state index is 0.183. The molecule has 0 radical (unpaired) electrons. The molecule has 2 atom stereocenters. The number of primary amides is 1. The summed E-state index contributed by atoms with van der Waals surface area (Å²) in [5.41, 5.74) is 5.24. The maximum atomic E-state index is 12.6. The highest BCUT2D eigenvalue weighted by Gasteiger charge is 2.26. The fraction of sp³-hybridized carbons (Fsp3) is 0.800. The molecule has 0 aromatic rings. The second-order valence-electron chi connectivity index (χ2n) is 8.96. The topological polar surface area (TPSA) is 147 Å². The van der Waals surface area contributed by atoms with Gasteiger partial charge in [0, 0.05) is 25.6 Å². The lowest BCUT2D eigenvalue weighted by Crippen LogP contribution is -2.51.